The van der Waals surface area contributed by atoms with Gasteiger partial charge in [0.1, 0.15) is 6.61 Å². The molecule has 0 saturated carbocycles. The average Bonchev–Trinajstić information content (AvgIpc) is 1.94. The summed E-state index contributed by atoms with van der Waals surface area (Å²) in [5.74, 6) is -0.0394. The first-order valence-electron chi connectivity index (χ1n) is 2.50. The first-order valence-corrected chi connectivity index (χ1v) is 2.50. The van der Waals surface area contributed by atoms with E-state index < -0.39 is 0 Å². The van der Waals surface area contributed by atoms with Crippen LogP contribution in [-0.2, 0) is 9.53 Å². The second-order valence-electron chi connectivity index (χ2n) is 1.55. The van der Waals surface area contributed by atoms with Gasteiger partial charge in [0, 0.05) is 0 Å². The van der Waals surface area contributed by atoms with E-state index >= 15 is 0 Å². The van der Waals surface area contributed by atoms with Gasteiger partial charge in [-0.05, 0) is 0 Å². The summed E-state index contributed by atoms with van der Waals surface area (Å²) in [6, 6.07) is 0. The van der Waals surface area contributed by atoms with Gasteiger partial charge in [0.25, 0.3) is 0 Å². The van der Waals surface area contributed by atoms with Crippen LogP contribution in [0.5, 0.6) is 0 Å². The van der Waals surface area contributed by atoms with Crippen LogP contribution in [0.3, 0.4) is 0 Å². The highest BCUT2D eigenvalue weighted by Crippen LogP contribution is 1.82. The van der Waals surface area contributed by atoms with Crippen LogP contribution in [-0.4, -0.2) is 31.8 Å². The molecule has 0 bridgehead atoms. The predicted octanol–water partition coefficient (Wildman–Crippen LogP) is -0.344. The minimum absolute atomic E-state index is 0.0394. The standard InChI is InChI=1S/C5H7NO2/c7-5-3-6-1-2-8-4-5/h3H,1-2,4H2. The highest BCUT2D eigenvalue weighted by molar-refractivity contribution is 6.28. The first kappa shape index (κ1) is 5.44. The number of hydrogen-bond acceptors (Lipinski definition) is 3. The number of carbonyl (C=O) groups is 1. The van der Waals surface area contributed by atoms with E-state index in [9.17, 15) is 4.79 Å². The summed E-state index contributed by atoms with van der Waals surface area (Å²) < 4.78 is 4.83. The topological polar surface area (TPSA) is 38.7 Å². The van der Waals surface area contributed by atoms with Gasteiger partial charge in [0.15, 0.2) is 5.78 Å². The minimum atomic E-state index is -0.0394. The van der Waals surface area contributed by atoms with Gasteiger partial charge in [-0.1, -0.05) is 0 Å². The molecule has 0 fully saturated rings. The molecule has 1 aliphatic heterocycles. The zero-order chi connectivity index (χ0) is 5.82. The molecule has 1 aliphatic rings. The van der Waals surface area contributed by atoms with Gasteiger partial charge in [0.2, 0.25) is 0 Å². The average molecular weight is 113 g/mol. The Morgan fingerprint density at radius 1 is 1.75 bits per heavy atom. The highest BCUT2D eigenvalue weighted by Gasteiger charge is 1.99. The number of Topliss-reactive ketones (excluding diaryl/α,β-unsaturated/α-hetero) is 1. The molecule has 0 aromatic carbocycles. The van der Waals surface area contributed by atoms with E-state index in [1.165, 1.54) is 6.21 Å². The summed E-state index contributed by atoms with van der Waals surface area (Å²) >= 11 is 0. The quantitative estimate of drug-likeness (QED) is 0.431. The van der Waals surface area contributed by atoms with Gasteiger partial charge < -0.3 is 4.74 Å². The van der Waals surface area contributed by atoms with Crippen molar-refractivity contribution >= 4 is 12.0 Å². The molecule has 0 aromatic heterocycles. The normalized spacial score (nSPS) is 20.8. The van der Waals surface area contributed by atoms with Crippen LogP contribution < -0.4 is 0 Å². The maximum Gasteiger partial charge on any atom is 0.198 e. The second kappa shape index (κ2) is 2.57. The van der Waals surface area contributed by atoms with Crippen LogP contribution >= 0.6 is 0 Å². The van der Waals surface area contributed by atoms with Gasteiger partial charge in [-0.3, -0.25) is 9.79 Å². The fourth-order valence-corrected chi connectivity index (χ4v) is 0.494. The third-order valence-electron chi connectivity index (χ3n) is 0.844. The molecule has 44 valence electrons. The van der Waals surface area contributed by atoms with Crippen molar-refractivity contribution in [2.45, 2.75) is 0 Å². The maximum absolute atomic E-state index is 10.4. The van der Waals surface area contributed by atoms with E-state index in [2.05, 4.69) is 4.99 Å². The minimum Gasteiger partial charge on any atom is -0.371 e. The molecular weight excluding hydrogens is 106 g/mol. The zero-order valence-corrected chi connectivity index (χ0v) is 4.46. The van der Waals surface area contributed by atoms with E-state index in [1.54, 1.807) is 0 Å². The van der Waals surface area contributed by atoms with Gasteiger partial charge in [-0.2, -0.15) is 0 Å². The van der Waals surface area contributed by atoms with Crippen molar-refractivity contribution in [2.75, 3.05) is 19.8 Å². The summed E-state index contributed by atoms with van der Waals surface area (Å²) in [6.45, 7) is 1.39. The van der Waals surface area contributed by atoms with Crippen molar-refractivity contribution in [3.8, 4) is 0 Å². The number of rotatable bonds is 0. The van der Waals surface area contributed by atoms with E-state index in [-0.39, 0.29) is 12.4 Å². The molecular formula is C5H7NO2. The van der Waals surface area contributed by atoms with Crippen LogP contribution in [0.15, 0.2) is 4.99 Å². The summed E-state index contributed by atoms with van der Waals surface area (Å²) in [4.78, 5) is 14.2. The van der Waals surface area contributed by atoms with Crippen LogP contribution in [0.1, 0.15) is 0 Å². The van der Waals surface area contributed by atoms with Crippen LogP contribution in [0.25, 0.3) is 0 Å². The van der Waals surface area contributed by atoms with E-state index in [4.69, 9.17) is 4.74 Å². The van der Waals surface area contributed by atoms with Crippen LogP contribution in [0.4, 0.5) is 0 Å². The van der Waals surface area contributed by atoms with Crippen molar-refractivity contribution in [2.24, 2.45) is 4.99 Å². The molecule has 0 saturated heterocycles. The van der Waals surface area contributed by atoms with Gasteiger partial charge in [-0.25, -0.2) is 0 Å². The molecule has 0 unspecified atom stereocenters. The Morgan fingerprint density at radius 3 is 3.50 bits per heavy atom. The van der Waals surface area contributed by atoms with E-state index in [0.717, 1.165) is 0 Å². The van der Waals surface area contributed by atoms with E-state index in [1.807, 2.05) is 0 Å². The molecule has 0 N–H and O–H groups in total. The lowest BCUT2D eigenvalue weighted by Crippen LogP contribution is -2.06. The maximum atomic E-state index is 10.4. The van der Waals surface area contributed by atoms with Gasteiger partial charge in [-0.15, -0.1) is 0 Å². The fraction of sp³-hybridized carbons (Fsp3) is 0.600. The lowest BCUT2D eigenvalue weighted by atomic mass is 10.5. The molecule has 3 nitrogen and oxygen atoms in total. The third-order valence-corrected chi connectivity index (χ3v) is 0.844. The number of ketones is 1. The van der Waals surface area contributed by atoms with Crippen molar-refractivity contribution in [3.05, 3.63) is 0 Å². The molecule has 0 spiro atoms. The number of nitrogens with zero attached hydrogens (tertiary/aromatic N) is 1. The summed E-state index contributed by atoms with van der Waals surface area (Å²) in [5.41, 5.74) is 0. The molecule has 8 heavy (non-hydrogen) atoms. The molecule has 1 heterocycles. The number of hydrogen-bond donors (Lipinski definition) is 0. The first-order chi connectivity index (χ1) is 3.89. The number of aliphatic imine (C=N–C) groups is 1. The SMILES string of the molecule is O=C1C=NCCOC1. The summed E-state index contributed by atoms with van der Waals surface area (Å²) in [5, 5.41) is 0. The molecule has 3 heteroatoms. The van der Waals surface area contributed by atoms with Crippen molar-refractivity contribution < 1.29 is 9.53 Å². The summed E-state index contributed by atoms with van der Waals surface area (Å²) in [7, 11) is 0. The molecule has 0 aromatic rings. The highest BCUT2D eigenvalue weighted by atomic mass is 16.5. The molecule has 1 rings (SSSR count). The molecule has 0 amide bonds. The summed E-state index contributed by atoms with van der Waals surface area (Å²) in [6.07, 6.45) is 1.33. The monoisotopic (exact) mass is 113 g/mol. The van der Waals surface area contributed by atoms with Crippen LogP contribution in [0.2, 0.25) is 0 Å². The van der Waals surface area contributed by atoms with Crippen LogP contribution in [0, 0.1) is 0 Å². The van der Waals surface area contributed by atoms with Gasteiger partial charge >= 0.3 is 0 Å². The Kier molecular flexibility index (Phi) is 1.75. The van der Waals surface area contributed by atoms with E-state index in [0.29, 0.717) is 13.2 Å². The Labute approximate surface area is 47.4 Å². The molecule has 0 radical (unpaired) electrons. The molecule has 0 atom stereocenters. The second-order valence-corrected chi connectivity index (χ2v) is 1.55. The largest absolute Gasteiger partial charge is 0.371 e. The lowest BCUT2D eigenvalue weighted by molar-refractivity contribution is -0.116. The Bertz CT molecular complexity index is 120. The van der Waals surface area contributed by atoms with Crippen molar-refractivity contribution in [1.29, 1.82) is 0 Å². The zero-order valence-electron chi connectivity index (χ0n) is 4.46. The smallest absolute Gasteiger partial charge is 0.198 e. The number of carbonyl (C=O) groups excluding carboxylic acids is 1. The third kappa shape index (κ3) is 1.42. The fourth-order valence-electron chi connectivity index (χ4n) is 0.494. The van der Waals surface area contributed by atoms with Crippen molar-refractivity contribution in [1.82, 2.24) is 0 Å². The Balaban J connectivity index is 2.44. The van der Waals surface area contributed by atoms with Crippen molar-refractivity contribution in [3.63, 3.8) is 0 Å². The number of ether oxygens (including phenoxy) is 1. The Morgan fingerprint density at radius 2 is 2.62 bits per heavy atom. The predicted molar refractivity (Wildman–Crippen MR) is 29.2 cm³/mol. The lowest BCUT2D eigenvalue weighted by Gasteiger charge is -1.90. The van der Waals surface area contributed by atoms with Gasteiger partial charge in [0.05, 0.1) is 19.4 Å². The molecule has 0 aliphatic carbocycles. The Hall–Kier alpha value is -0.700.